The molecule has 0 atom stereocenters. The van der Waals surface area contributed by atoms with Gasteiger partial charge in [-0.05, 0) is 49.3 Å². The van der Waals surface area contributed by atoms with Gasteiger partial charge in [0.2, 0.25) is 0 Å². The zero-order chi connectivity index (χ0) is 17.2. The first-order valence-electron chi connectivity index (χ1n) is 8.99. The lowest BCUT2D eigenvalue weighted by Gasteiger charge is -2.19. The van der Waals surface area contributed by atoms with Crippen LogP contribution < -0.4 is 0 Å². The van der Waals surface area contributed by atoms with Gasteiger partial charge in [0.1, 0.15) is 0 Å². The third kappa shape index (κ3) is 5.80. The summed E-state index contributed by atoms with van der Waals surface area (Å²) in [7, 11) is 0. The largest absolute Gasteiger partial charge is 0.274 e. The number of hydrogen-bond donors (Lipinski definition) is 0. The van der Waals surface area contributed by atoms with Crippen LogP contribution in [0.4, 0.5) is 0 Å². The molecule has 0 spiro atoms. The van der Waals surface area contributed by atoms with Crippen LogP contribution in [0, 0.1) is 0 Å². The number of nitrogens with zero attached hydrogens (tertiary/aromatic N) is 3. The van der Waals surface area contributed by atoms with Crippen LogP contribution in [0.5, 0.6) is 0 Å². The predicted molar refractivity (Wildman–Crippen MR) is 103 cm³/mol. The zero-order valence-corrected chi connectivity index (χ0v) is 15.0. The summed E-state index contributed by atoms with van der Waals surface area (Å²) in [6, 6.07) is 0. The summed E-state index contributed by atoms with van der Waals surface area (Å²) >= 11 is 0. The minimum absolute atomic E-state index is 0.722. The van der Waals surface area contributed by atoms with E-state index in [0.717, 1.165) is 50.9 Å². The average molecular weight is 323 g/mol. The standard InChI is InChI=1S/C21H29N3/c1-4-6-10-19-13-14-20-11-8-7-9-12-21(20)17-24(15-5-2)23-22-18(3)16-19/h6-10,12,16H,3-5,11,13-15,17H2,1-2H3/b10-6?,19-16-,23-22?. The van der Waals surface area contributed by atoms with E-state index in [0.29, 0.717) is 0 Å². The molecule has 0 unspecified atom stereocenters. The van der Waals surface area contributed by atoms with Gasteiger partial charge < -0.3 is 0 Å². The van der Waals surface area contributed by atoms with Gasteiger partial charge in [-0.25, -0.2) is 0 Å². The highest BCUT2D eigenvalue weighted by atomic mass is 15.5. The molecule has 2 rings (SSSR count). The second-order valence-electron chi connectivity index (χ2n) is 6.22. The van der Waals surface area contributed by atoms with E-state index in [2.05, 4.69) is 78.3 Å². The fourth-order valence-electron chi connectivity index (χ4n) is 2.88. The Morgan fingerprint density at radius 2 is 2.12 bits per heavy atom. The van der Waals surface area contributed by atoms with Crippen LogP contribution in [-0.4, -0.2) is 18.1 Å². The molecule has 0 aromatic rings. The first kappa shape index (κ1) is 18.2. The lowest BCUT2D eigenvalue weighted by atomic mass is 9.96. The van der Waals surface area contributed by atoms with Gasteiger partial charge in [-0.1, -0.05) is 67.7 Å². The molecule has 1 aliphatic heterocycles. The SMILES string of the molecule is C=C1/C=C(/C=CCC)CCC2=C(C=CC=CC2)CN(CCC)N=N1. The maximum absolute atomic E-state index is 4.44. The van der Waals surface area contributed by atoms with Crippen molar-refractivity contribution in [2.75, 3.05) is 13.1 Å². The molecule has 0 amide bonds. The molecule has 0 radical (unpaired) electrons. The Balaban J connectivity index is 2.34. The highest BCUT2D eigenvalue weighted by Crippen LogP contribution is 2.25. The molecule has 3 nitrogen and oxygen atoms in total. The van der Waals surface area contributed by atoms with Crippen molar-refractivity contribution in [2.24, 2.45) is 10.3 Å². The summed E-state index contributed by atoms with van der Waals surface area (Å²) in [6.45, 7) is 10.1. The van der Waals surface area contributed by atoms with Crippen molar-refractivity contribution < 1.29 is 0 Å². The van der Waals surface area contributed by atoms with Gasteiger partial charge in [0.05, 0.1) is 12.2 Å². The molecule has 3 heteroatoms. The van der Waals surface area contributed by atoms with Crippen LogP contribution in [0.1, 0.15) is 46.0 Å². The van der Waals surface area contributed by atoms with E-state index in [1.165, 1.54) is 16.7 Å². The topological polar surface area (TPSA) is 28.0 Å². The first-order valence-corrected chi connectivity index (χ1v) is 8.99. The minimum Gasteiger partial charge on any atom is -0.274 e. The molecule has 0 aromatic carbocycles. The average Bonchev–Trinajstić information content (AvgIpc) is 2.80. The van der Waals surface area contributed by atoms with Gasteiger partial charge in [-0.2, -0.15) is 0 Å². The van der Waals surface area contributed by atoms with Gasteiger partial charge in [-0.15, -0.1) is 5.11 Å². The Labute approximate surface area is 146 Å². The highest BCUT2D eigenvalue weighted by Gasteiger charge is 2.11. The Morgan fingerprint density at radius 1 is 1.25 bits per heavy atom. The van der Waals surface area contributed by atoms with Crippen molar-refractivity contribution in [3.63, 3.8) is 0 Å². The number of rotatable bonds is 4. The summed E-state index contributed by atoms with van der Waals surface area (Å²) in [5.41, 5.74) is 4.87. The summed E-state index contributed by atoms with van der Waals surface area (Å²) in [5.74, 6) is 0. The third-order valence-electron chi connectivity index (χ3n) is 4.13. The monoisotopic (exact) mass is 323 g/mol. The summed E-state index contributed by atoms with van der Waals surface area (Å²) in [5, 5.41) is 10.8. The second kappa shape index (κ2) is 9.86. The van der Waals surface area contributed by atoms with E-state index in [1.807, 2.05) is 0 Å². The van der Waals surface area contributed by atoms with E-state index in [4.69, 9.17) is 0 Å². The van der Waals surface area contributed by atoms with E-state index < -0.39 is 0 Å². The first-order chi connectivity index (χ1) is 11.7. The van der Waals surface area contributed by atoms with Gasteiger partial charge in [0.15, 0.2) is 0 Å². The molecule has 0 fully saturated rings. The van der Waals surface area contributed by atoms with E-state index in [1.54, 1.807) is 0 Å². The lowest BCUT2D eigenvalue weighted by Crippen LogP contribution is -2.21. The van der Waals surface area contributed by atoms with Crippen LogP contribution in [0.25, 0.3) is 0 Å². The molecule has 0 bridgehead atoms. The fraction of sp³-hybridized carbons (Fsp3) is 0.429. The van der Waals surface area contributed by atoms with Crippen molar-refractivity contribution in [2.45, 2.75) is 46.0 Å². The number of hydrogen-bond acceptors (Lipinski definition) is 3. The smallest absolute Gasteiger partial charge is 0.0805 e. The molecule has 0 saturated carbocycles. The highest BCUT2D eigenvalue weighted by molar-refractivity contribution is 5.35. The number of allylic oxidation sites excluding steroid dienone is 8. The Morgan fingerprint density at radius 3 is 2.92 bits per heavy atom. The molecule has 24 heavy (non-hydrogen) atoms. The molecule has 1 aliphatic carbocycles. The van der Waals surface area contributed by atoms with E-state index >= 15 is 0 Å². The molecule has 0 N–H and O–H groups in total. The lowest BCUT2D eigenvalue weighted by molar-refractivity contribution is 0.293. The minimum atomic E-state index is 0.722. The van der Waals surface area contributed by atoms with Crippen molar-refractivity contribution in [3.8, 4) is 0 Å². The molecule has 0 aromatic heterocycles. The fourth-order valence-corrected chi connectivity index (χ4v) is 2.88. The molecule has 2 aliphatic rings. The molecular formula is C21H29N3. The van der Waals surface area contributed by atoms with Crippen LogP contribution in [0.15, 0.2) is 81.9 Å². The van der Waals surface area contributed by atoms with Crippen LogP contribution in [0.2, 0.25) is 0 Å². The Bertz CT molecular complexity index is 615. The van der Waals surface area contributed by atoms with Gasteiger partial charge in [0.25, 0.3) is 0 Å². The van der Waals surface area contributed by atoms with Crippen LogP contribution in [0.3, 0.4) is 0 Å². The van der Waals surface area contributed by atoms with Crippen LogP contribution in [-0.2, 0) is 0 Å². The maximum atomic E-state index is 4.44. The summed E-state index contributed by atoms with van der Waals surface area (Å²) in [4.78, 5) is 0. The van der Waals surface area contributed by atoms with Gasteiger partial charge in [-0.3, -0.25) is 5.01 Å². The predicted octanol–water partition coefficient (Wildman–Crippen LogP) is 6.08. The molecular weight excluding hydrogens is 294 g/mol. The molecule has 128 valence electrons. The Kier molecular flexibility index (Phi) is 7.47. The van der Waals surface area contributed by atoms with E-state index in [9.17, 15) is 0 Å². The van der Waals surface area contributed by atoms with Crippen molar-refractivity contribution in [1.29, 1.82) is 0 Å². The summed E-state index contributed by atoms with van der Waals surface area (Å²) < 4.78 is 0. The van der Waals surface area contributed by atoms with E-state index in [-0.39, 0.29) is 0 Å². The van der Waals surface area contributed by atoms with Crippen LogP contribution >= 0.6 is 0 Å². The van der Waals surface area contributed by atoms with Gasteiger partial charge >= 0.3 is 0 Å². The molecule has 0 saturated heterocycles. The third-order valence-corrected chi connectivity index (χ3v) is 4.13. The Hall–Kier alpha value is -2.16. The quantitative estimate of drug-likeness (QED) is 0.616. The molecule has 1 heterocycles. The zero-order valence-electron chi connectivity index (χ0n) is 15.0. The normalized spacial score (nSPS) is 21.5. The van der Waals surface area contributed by atoms with Crippen molar-refractivity contribution >= 4 is 0 Å². The maximum Gasteiger partial charge on any atom is 0.0805 e. The second-order valence-corrected chi connectivity index (χ2v) is 6.22. The summed E-state index contributed by atoms with van der Waals surface area (Å²) in [6.07, 6.45) is 20.4. The van der Waals surface area contributed by atoms with Crippen molar-refractivity contribution in [1.82, 2.24) is 5.01 Å². The van der Waals surface area contributed by atoms with Gasteiger partial charge in [0, 0.05) is 6.54 Å². The van der Waals surface area contributed by atoms with Crippen molar-refractivity contribution in [3.05, 3.63) is 71.5 Å².